The van der Waals surface area contributed by atoms with Crippen LogP contribution in [-0.4, -0.2) is 55.0 Å². The molecule has 2 aliphatic rings. The molecule has 0 spiro atoms. The van der Waals surface area contributed by atoms with Crippen molar-refractivity contribution in [3.05, 3.63) is 0 Å². The van der Waals surface area contributed by atoms with Crippen LogP contribution in [0, 0.1) is 5.92 Å². The topological polar surface area (TPSA) is 49.6 Å². The minimum Gasteiger partial charge on any atom is -0.344 e. The van der Waals surface area contributed by atoms with E-state index in [-0.39, 0.29) is 23.4 Å². The quantitative estimate of drug-likeness (QED) is 0.815. The van der Waals surface area contributed by atoms with Gasteiger partial charge in [-0.3, -0.25) is 4.79 Å². The van der Waals surface area contributed by atoms with E-state index < -0.39 is 0 Å². The first kappa shape index (κ1) is 13.8. The molecule has 2 rings (SSSR count). The molecule has 0 aromatic heterocycles. The molecule has 0 bridgehead atoms. The number of carbonyl (C=O) groups excluding carboxylic acids is 1. The predicted molar refractivity (Wildman–Crippen MR) is 73.2 cm³/mol. The fourth-order valence-corrected chi connectivity index (χ4v) is 3.43. The fourth-order valence-electron chi connectivity index (χ4n) is 3.43. The summed E-state index contributed by atoms with van der Waals surface area (Å²) in [6.45, 7) is 0.849. The molecule has 0 aliphatic heterocycles. The van der Waals surface area contributed by atoms with Gasteiger partial charge in [0.15, 0.2) is 0 Å². The Bertz CT molecular complexity index is 312. The van der Waals surface area contributed by atoms with Crippen molar-refractivity contribution in [2.75, 3.05) is 27.7 Å². The molecule has 1 amide bonds. The van der Waals surface area contributed by atoms with Gasteiger partial charge in [-0.15, -0.1) is 0 Å². The summed E-state index contributed by atoms with van der Waals surface area (Å²) in [6.07, 6.45) is 6.76. The Labute approximate surface area is 110 Å². The summed E-state index contributed by atoms with van der Waals surface area (Å²) in [5, 5.41) is 0. The Morgan fingerprint density at radius 2 is 1.89 bits per heavy atom. The molecular weight excluding hydrogens is 226 g/mol. The van der Waals surface area contributed by atoms with Crippen LogP contribution in [0.2, 0.25) is 0 Å². The van der Waals surface area contributed by atoms with Crippen molar-refractivity contribution >= 4 is 5.91 Å². The molecule has 0 heterocycles. The summed E-state index contributed by atoms with van der Waals surface area (Å²) < 4.78 is 0. The van der Waals surface area contributed by atoms with Gasteiger partial charge in [0.05, 0.1) is 5.92 Å². The van der Waals surface area contributed by atoms with Gasteiger partial charge in [0.1, 0.15) is 0 Å². The van der Waals surface area contributed by atoms with Crippen molar-refractivity contribution in [1.82, 2.24) is 9.80 Å². The number of nitrogens with two attached hydrogens (primary N) is 1. The van der Waals surface area contributed by atoms with E-state index in [1.54, 1.807) is 0 Å². The fraction of sp³-hybridized carbons (Fsp3) is 0.929. The predicted octanol–water partition coefficient (Wildman–Crippen LogP) is 1.06. The first-order valence-corrected chi connectivity index (χ1v) is 7.14. The van der Waals surface area contributed by atoms with E-state index in [1.165, 1.54) is 19.3 Å². The first-order valence-electron chi connectivity index (χ1n) is 7.14. The highest BCUT2D eigenvalue weighted by molar-refractivity contribution is 5.79. The number of nitrogens with zero attached hydrogens (tertiary/aromatic N) is 2. The van der Waals surface area contributed by atoms with Crippen LogP contribution in [0.5, 0.6) is 0 Å². The van der Waals surface area contributed by atoms with Crippen molar-refractivity contribution in [1.29, 1.82) is 0 Å². The lowest BCUT2D eigenvalue weighted by atomic mass is 9.75. The lowest BCUT2D eigenvalue weighted by molar-refractivity contribution is -0.137. The summed E-state index contributed by atoms with van der Waals surface area (Å²) >= 11 is 0. The Hall–Kier alpha value is -0.610. The second kappa shape index (κ2) is 5.17. The van der Waals surface area contributed by atoms with E-state index in [4.69, 9.17) is 5.73 Å². The van der Waals surface area contributed by atoms with E-state index in [9.17, 15) is 4.79 Å². The summed E-state index contributed by atoms with van der Waals surface area (Å²) in [5.74, 6) is 0.322. The summed E-state index contributed by atoms with van der Waals surface area (Å²) in [7, 11) is 6.19. The van der Waals surface area contributed by atoms with Crippen LogP contribution in [0.4, 0.5) is 0 Å². The SMILES string of the molecule is CN(CC1(N(C)C)CCC1)C(=O)C1CCCC1N. The molecule has 4 nitrogen and oxygen atoms in total. The average Bonchev–Trinajstić information content (AvgIpc) is 2.67. The lowest BCUT2D eigenvalue weighted by Gasteiger charge is -2.49. The van der Waals surface area contributed by atoms with Gasteiger partial charge in [-0.1, -0.05) is 6.42 Å². The first-order chi connectivity index (χ1) is 8.46. The molecule has 2 fully saturated rings. The van der Waals surface area contributed by atoms with Crippen LogP contribution in [0.25, 0.3) is 0 Å². The smallest absolute Gasteiger partial charge is 0.227 e. The molecule has 2 saturated carbocycles. The van der Waals surface area contributed by atoms with Gasteiger partial charge >= 0.3 is 0 Å². The van der Waals surface area contributed by atoms with Crippen molar-refractivity contribution in [3.8, 4) is 0 Å². The van der Waals surface area contributed by atoms with Crippen LogP contribution in [-0.2, 0) is 4.79 Å². The highest BCUT2D eigenvalue weighted by atomic mass is 16.2. The number of likely N-dealkylation sites (N-methyl/N-ethyl adjacent to an activating group) is 2. The maximum absolute atomic E-state index is 12.4. The lowest BCUT2D eigenvalue weighted by Crippen LogP contribution is -2.58. The van der Waals surface area contributed by atoms with Crippen LogP contribution in [0.15, 0.2) is 0 Å². The van der Waals surface area contributed by atoms with E-state index in [1.807, 2.05) is 11.9 Å². The minimum absolute atomic E-state index is 0.0642. The Kier molecular flexibility index (Phi) is 3.97. The molecule has 2 unspecified atom stereocenters. The molecule has 2 N–H and O–H groups in total. The monoisotopic (exact) mass is 253 g/mol. The molecule has 0 aromatic rings. The zero-order valence-corrected chi connectivity index (χ0v) is 12.0. The van der Waals surface area contributed by atoms with E-state index in [0.717, 1.165) is 25.8 Å². The third-order valence-corrected chi connectivity index (χ3v) is 5.03. The minimum atomic E-state index is 0.0642. The van der Waals surface area contributed by atoms with Gasteiger partial charge in [-0.05, 0) is 46.2 Å². The van der Waals surface area contributed by atoms with Crippen molar-refractivity contribution < 1.29 is 4.79 Å². The molecule has 0 aromatic carbocycles. The molecule has 0 saturated heterocycles. The number of rotatable bonds is 4. The number of carbonyl (C=O) groups is 1. The van der Waals surface area contributed by atoms with Crippen LogP contribution in [0.3, 0.4) is 0 Å². The van der Waals surface area contributed by atoms with Gasteiger partial charge in [-0.2, -0.15) is 0 Å². The second-order valence-electron chi connectivity index (χ2n) is 6.37. The highest BCUT2D eigenvalue weighted by Crippen LogP contribution is 2.37. The van der Waals surface area contributed by atoms with Gasteiger partial charge in [-0.25, -0.2) is 0 Å². The van der Waals surface area contributed by atoms with Crippen LogP contribution < -0.4 is 5.73 Å². The van der Waals surface area contributed by atoms with Crippen molar-refractivity contribution in [2.24, 2.45) is 11.7 Å². The summed E-state index contributed by atoms with van der Waals surface area (Å²) in [5.41, 5.74) is 6.25. The third-order valence-electron chi connectivity index (χ3n) is 5.03. The van der Waals surface area contributed by atoms with E-state index in [2.05, 4.69) is 19.0 Å². The van der Waals surface area contributed by atoms with Crippen LogP contribution in [0.1, 0.15) is 38.5 Å². The van der Waals surface area contributed by atoms with E-state index >= 15 is 0 Å². The summed E-state index contributed by atoms with van der Waals surface area (Å²) in [4.78, 5) is 16.6. The van der Waals surface area contributed by atoms with Crippen molar-refractivity contribution in [3.63, 3.8) is 0 Å². The molecule has 18 heavy (non-hydrogen) atoms. The Morgan fingerprint density at radius 3 is 2.28 bits per heavy atom. The van der Waals surface area contributed by atoms with Gasteiger partial charge < -0.3 is 15.5 Å². The average molecular weight is 253 g/mol. The Balaban J connectivity index is 1.95. The number of hydrogen-bond acceptors (Lipinski definition) is 3. The van der Waals surface area contributed by atoms with E-state index in [0.29, 0.717) is 0 Å². The number of amides is 1. The molecule has 2 atom stereocenters. The largest absolute Gasteiger partial charge is 0.344 e. The molecule has 2 aliphatic carbocycles. The maximum Gasteiger partial charge on any atom is 0.227 e. The third kappa shape index (κ3) is 2.41. The molecular formula is C14H27N3O. The maximum atomic E-state index is 12.4. The normalized spacial score (nSPS) is 30.3. The second-order valence-corrected chi connectivity index (χ2v) is 6.37. The van der Waals surface area contributed by atoms with Crippen LogP contribution >= 0.6 is 0 Å². The molecule has 0 radical (unpaired) electrons. The molecule has 4 heteroatoms. The van der Waals surface area contributed by atoms with Crippen molar-refractivity contribution in [2.45, 2.75) is 50.1 Å². The Morgan fingerprint density at radius 1 is 1.22 bits per heavy atom. The molecule has 104 valence electrons. The zero-order valence-electron chi connectivity index (χ0n) is 12.0. The van der Waals surface area contributed by atoms with Gasteiger partial charge in [0.25, 0.3) is 0 Å². The van der Waals surface area contributed by atoms with Gasteiger partial charge in [0, 0.05) is 25.2 Å². The summed E-state index contributed by atoms with van der Waals surface area (Å²) in [6, 6.07) is 0.0802. The number of hydrogen-bond donors (Lipinski definition) is 1. The van der Waals surface area contributed by atoms with Gasteiger partial charge in [0.2, 0.25) is 5.91 Å². The highest BCUT2D eigenvalue weighted by Gasteiger charge is 2.42. The standard InChI is InChI=1S/C14H27N3O/c1-16(2)14(8-5-9-14)10-17(3)13(18)11-6-4-7-12(11)15/h11-12H,4-10,15H2,1-3H3. The zero-order chi connectivity index (χ0) is 13.3.